The molecule has 1 aromatic heterocycles. The minimum absolute atomic E-state index is 0.363. The molecule has 1 aliphatic heterocycles. The van der Waals surface area contributed by atoms with Gasteiger partial charge in [0, 0.05) is 48.2 Å². The highest BCUT2D eigenvalue weighted by molar-refractivity contribution is 6.32. The Morgan fingerprint density at radius 1 is 1.36 bits per heavy atom. The van der Waals surface area contributed by atoms with Crippen molar-refractivity contribution in [1.29, 1.82) is 0 Å². The predicted octanol–water partition coefficient (Wildman–Crippen LogP) is 4.55. The highest BCUT2D eigenvalue weighted by atomic mass is 35.5. The fraction of sp³-hybridized carbons (Fsp3) is 0.429. The van der Waals surface area contributed by atoms with Crippen LogP contribution in [0.15, 0.2) is 36.6 Å². The fourth-order valence-corrected chi connectivity index (χ4v) is 4.84. The summed E-state index contributed by atoms with van der Waals surface area (Å²) in [5, 5.41) is 2.10. The normalized spacial score (nSPS) is 22.6. The standard InChI is InChI=1S/C21H26ClN3/c1-5-25(6-2)13(3)14-10-16-15-8-7-9-18-20(15)17(21(22)23-18)11-19(16)24(4)12-14/h7-10,14,19,23H,3,5-6,11-12H2,1-2,4H3/t14?,19-/m0/s1. The molecule has 132 valence electrons. The Balaban J connectivity index is 1.83. The van der Waals surface area contributed by atoms with Crippen LogP contribution in [0.1, 0.15) is 25.0 Å². The summed E-state index contributed by atoms with van der Waals surface area (Å²) in [6.07, 6.45) is 3.44. The fourth-order valence-electron chi connectivity index (χ4n) is 4.57. The Kier molecular flexibility index (Phi) is 4.17. The quantitative estimate of drug-likeness (QED) is 0.869. The Bertz CT molecular complexity index is 859. The van der Waals surface area contributed by atoms with Crippen LogP contribution in [0.25, 0.3) is 16.5 Å². The second kappa shape index (κ2) is 6.22. The van der Waals surface area contributed by atoms with E-state index < -0.39 is 0 Å². The molecule has 2 atom stereocenters. The van der Waals surface area contributed by atoms with Crippen molar-refractivity contribution in [2.24, 2.45) is 5.92 Å². The Morgan fingerprint density at radius 2 is 2.12 bits per heavy atom. The third kappa shape index (κ3) is 2.52. The van der Waals surface area contributed by atoms with Crippen LogP contribution in [-0.4, -0.2) is 47.5 Å². The lowest BCUT2D eigenvalue weighted by molar-refractivity contribution is 0.234. The number of aromatic amines is 1. The van der Waals surface area contributed by atoms with E-state index in [9.17, 15) is 0 Å². The molecule has 1 aromatic carbocycles. The molecule has 0 amide bonds. The van der Waals surface area contributed by atoms with Gasteiger partial charge in [0.25, 0.3) is 0 Å². The second-order valence-corrected chi connectivity index (χ2v) is 7.58. The van der Waals surface area contributed by atoms with Crippen molar-refractivity contribution >= 4 is 28.1 Å². The minimum Gasteiger partial charge on any atom is -0.375 e. The lowest BCUT2D eigenvalue weighted by Gasteiger charge is -2.42. The number of hydrogen-bond donors (Lipinski definition) is 1. The Hall–Kier alpha value is -1.71. The maximum Gasteiger partial charge on any atom is 0.110 e. The number of halogens is 1. The van der Waals surface area contributed by atoms with Gasteiger partial charge < -0.3 is 9.88 Å². The van der Waals surface area contributed by atoms with Gasteiger partial charge in [-0.25, -0.2) is 0 Å². The Labute approximate surface area is 154 Å². The summed E-state index contributed by atoms with van der Waals surface area (Å²) in [6, 6.07) is 6.88. The zero-order valence-corrected chi connectivity index (χ0v) is 16.0. The van der Waals surface area contributed by atoms with Gasteiger partial charge in [0.15, 0.2) is 0 Å². The molecule has 4 rings (SSSR count). The summed E-state index contributed by atoms with van der Waals surface area (Å²) in [6.45, 7) is 11.8. The van der Waals surface area contributed by atoms with E-state index in [2.05, 4.69) is 66.5 Å². The number of fused-ring (bicyclic) bond motifs is 2. The number of aromatic nitrogens is 1. The topological polar surface area (TPSA) is 22.3 Å². The summed E-state index contributed by atoms with van der Waals surface area (Å²) in [5.74, 6) is 0.363. The molecule has 0 spiro atoms. The van der Waals surface area contributed by atoms with E-state index in [4.69, 9.17) is 11.6 Å². The van der Waals surface area contributed by atoms with Crippen molar-refractivity contribution in [2.45, 2.75) is 26.3 Å². The number of rotatable bonds is 4. The molecule has 0 saturated heterocycles. The van der Waals surface area contributed by atoms with Crippen LogP contribution in [0.2, 0.25) is 5.15 Å². The molecule has 2 aromatic rings. The van der Waals surface area contributed by atoms with Crippen LogP contribution in [0.5, 0.6) is 0 Å². The van der Waals surface area contributed by atoms with Crippen LogP contribution in [0, 0.1) is 5.92 Å². The van der Waals surface area contributed by atoms with Crippen LogP contribution in [0.4, 0.5) is 0 Å². The van der Waals surface area contributed by atoms with E-state index in [0.29, 0.717) is 12.0 Å². The molecule has 1 N–H and O–H groups in total. The van der Waals surface area contributed by atoms with E-state index >= 15 is 0 Å². The van der Waals surface area contributed by atoms with Crippen molar-refractivity contribution in [2.75, 3.05) is 26.7 Å². The smallest absolute Gasteiger partial charge is 0.110 e. The van der Waals surface area contributed by atoms with Crippen molar-refractivity contribution in [1.82, 2.24) is 14.8 Å². The molecule has 0 radical (unpaired) electrons. The molecule has 2 heterocycles. The highest BCUT2D eigenvalue weighted by Crippen LogP contribution is 2.44. The van der Waals surface area contributed by atoms with Crippen LogP contribution >= 0.6 is 11.6 Å². The summed E-state index contributed by atoms with van der Waals surface area (Å²) < 4.78 is 0. The van der Waals surface area contributed by atoms with E-state index in [1.807, 2.05) is 0 Å². The number of benzene rings is 1. The van der Waals surface area contributed by atoms with Crippen LogP contribution in [0.3, 0.4) is 0 Å². The molecule has 25 heavy (non-hydrogen) atoms. The summed E-state index contributed by atoms with van der Waals surface area (Å²) in [4.78, 5) is 8.19. The number of nitrogens with zero attached hydrogens (tertiary/aromatic N) is 2. The zero-order valence-electron chi connectivity index (χ0n) is 15.3. The molecular weight excluding hydrogens is 330 g/mol. The van der Waals surface area contributed by atoms with Crippen molar-refractivity contribution in [3.63, 3.8) is 0 Å². The first-order valence-electron chi connectivity index (χ1n) is 9.20. The maximum atomic E-state index is 6.50. The number of hydrogen-bond acceptors (Lipinski definition) is 2. The molecule has 0 bridgehead atoms. The molecule has 3 nitrogen and oxygen atoms in total. The highest BCUT2D eigenvalue weighted by Gasteiger charge is 2.35. The largest absolute Gasteiger partial charge is 0.375 e. The van der Waals surface area contributed by atoms with Crippen LogP contribution < -0.4 is 0 Å². The van der Waals surface area contributed by atoms with Gasteiger partial charge in [-0.05, 0) is 50.1 Å². The van der Waals surface area contributed by atoms with Gasteiger partial charge in [0.1, 0.15) is 5.15 Å². The van der Waals surface area contributed by atoms with Gasteiger partial charge >= 0.3 is 0 Å². The van der Waals surface area contributed by atoms with Crippen molar-refractivity contribution in [3.8, 4) is 0 Å². The lowest BCUT2D eigenvalue weighted by Crippen LogP contribution is -2.44. The van der Waals surface area contributed by atoms with Gasteiger partial charge in [-0.3, -0.25) is 4.90 Å². The summed E-state index contributed by atoms with van der Waals surface area (Å²) >= 11 is 6.50. The van der Waals surface area contributed by atoms with E-state index in [1.54, 1.807) is 0 Å². The van der Waals surface area contributed by atoms with Crippen LogP contribution in [-0.2, 0) is 6.42 Å². The number of H-pyrrole nitrogens is 1. The van der Waals surface area contributed by atoms with Crippen molar-refractivity contribution < 1.29 is 0 Å². The lowest BCUT2D eigenvalue weighted by atomic mass is 9.79. The van der Waals surface area contributed by atoms with E-state index in [1.165, 1.54) is 27.8 Å². The molecular formula is C21H26ClN3. The molecule has 4 heteroatoms. The van der Waals surface area contributed by atoms with Gasteiger partial charge in [-0.2, -0.15) is 0 Å². The average molecular weight is 356 g/mol. The van der Waals surface area contributed by atoms with E-state index in [0.717, 1.165) is 36.7 Å². The summed E-state index contributed by atoms with van der Waals surface area (Å²) in [7, 11) is 2.23. The molecule has 2 aliphatic rings. The van der Waals surface area contributed by atoms with Gasteiger partial charge in [0.2, 0.25) is 0 Å². The average Bonchev–Trinajstić information content (AvgIpc) is 2.93. The van der Waals surface area contributed by atoms with Crippen molar-refractivity contribution in [3.05, 3.63) is 52.8 Å². The SMILES string of the molecule is C=C(C1C=C2c3cccc4[nH]c(Cl)c(c34)C[C@@H]2N(C)C1)N(CC)CC. The first kappa shape index (κ1) is 16.7. The molecule has 0 fully saturated rings. The van der Waals surface area contributed by atoms with E-state index in [-0.39, 0.29) is 0 Å². The van der Waals surface area contributed by atoms with Gasteiger partial charge in [0.05, 0.1) is 0 Å². The number of nitrogens with one attached hydrogen (secondary N) is 1. The second-order valence-electron chi connectivity index (χ2n) is 7.20. The first-order valence-corrected chi connectivity index (χ1v) is 9.58. The molecule has 1 aliphatic carbocycles. The zero-order chi connectivity index (χ0) is 17.7. The first-order chi connectivity index (χ1) is 12.0. The van der Waals surface area contributed by atoms with Gasteiger partial charge in [-0.15, -0.1) is 0 Å². The maximum absolute atomic E-state index is 6.50. The third-order valence-corrected chi connectivity index (χ3v) is 6.26. The monoisotopic (exact) mass is 355 g/mol. The molecule has 1 unspecified atom stereocenters. The molecule has 0 saturated carbocycles. The third-order valence-electron chi connectivity index (χ3n) is 5.94. The predicted molar refractivity (Wildman–Crippen MR) is 107 cm³/mol. The minimum atomic E-state index is 0.363. The number of likely N-dealkylation sites (N-methyl/N-ethyl adjacent to an activating group) is 1. The van der Waals surface area contributed by atoms with Gasteiger partial charge in [-0.1, -0.05) is 36.4 Å². The summed E-state index contributed by atoms with van der Waals surface area (Å²) in [5.41, 5.74) is 6.40. The Morgan fingerprint density at radius 3 is 2.84 bits per heavy atom.